The molecule has 0 heterocycles. The van der Waals surface area contributed by atoms with Crippen molar-refractivity contribution in [1.29, 1.82) is 0 Å². The third kappa shape index (κ3) is 6.88. The minimum atomic E-state index is 0.342. The first-order valence-corrected chi connectivity index (χ1v) is 16.7. The van der Waals surface area contributed by atoms with Crippen LogP contribution in [0, 0.1) is 34.6 Å². The molecule has 0 atom stereocenters. The van der Waals surface area contributed by atoms with E-state index in [2.05, 4.69) is 144 Å². The summed E-state index contributed by atoms with van der Waals surface area (Å²) in [6, 6.07) is 42.5. The van der Waals surface area contributed by atoms with Crippen molar-refractivity contribution in [2.24, 2.45) is 0 Å². The molecule has 0 saturated carbocycles. The van der Waals surface area contributed by atoms with E-state index in [0.717, 1.165) is 64.0 Å². The van der Waals surface area contributed by atoms with Crippen LogP contribution in [0.25, 0.3) is 44.5 Å². The monoisotopic (exact) mass is 616 g/mol. The van der Waals surface area contributed by atoms with Crippen molar-refractivity contribution < 1.29 is 9.84 Å². The van der Waals surface area contributed by atoms with E-state index in [0.29, 0.717) is 12.4 Å². The minimum absolute atomic E-state index is 0.342. The number of hydrogen-bond donors (Lipinski definition) is 1. The standard InChI is InChI=1S/C45H44O2/c1-30-26-40(36-20-9-6-16-32(36)3)34(5)41(27-30)39-23-12-13-24-44(39)47-25-15-14-19-35-18-8-11-22-38(35)43-29-31(2)28-42(45(43)46)37-21-10-7-17-33(37)4/h6-13,16-18,20-24,26-29,46H,14-15,19,25H2,1-5H3. The average molecular weight is 617 g/mol. The van der Waals surface area contributed by atoms with E-state index < -0.39 is 0 Å². The van der Waals surface area contributed by atoms with Gasteiger partial charge in [-0.3, -0.25) is 0 Å². The third-order valence-corrected chi connectivity index (χ3v) is 9.26. The van der Waals surface area contributed by atoms with Crippen LogP contribution in [0.4, 0.5) is 0 Å². The number of hydrogen-bond acceptors (Lipinski definition) is 2. The predicted molar refractivity (Wildman–Crippen MR) is 198 cm³/mol. The zero-order valence-corrected chi connectivity index (χ0v) is 28.2. The van der Waals surface area contributed by atoms with Crippen LogP contribution in [-0.2, 0) is 6.42 Å². The van der Waals surface area contributed by atoms with Crippen molar-refractivity contribution >= 4 is 0 Å². The van der Waals surface area contributed by atoms with Crippen LogP contribution in [0.15, 0.2) is 121 Å². The SMILES string of the molecule is Cc1cc(-c2ccccc2C)c(C)c(-c2ccccc2OCCCCc2ccccc2-c2cc(C)cc(-c3ccccc3C)c2O)c1. The van der Waals surface area contributed by atoms with E-state index >= 15 is 0 Å². The second-order valence-corrected chi connectivity index (χ2v) is 12.8. The smallest absolute Gasteiger partial charge is 0.131 e. The fourth-order valence-electron chi connectivity index (χ4n) is 6.77. The van der Waals surface area contributed by atoms with Gasteiger partial charge >= 0.3 is 0 Å². The Kier molecular flexibility index (Phi) is 9.59. The van der Waals surface area contributed by atoms with Crippen LogP contribution in [0.3, 0.4) is 0 Å². The molecule has 0 fully saturated rings. The molecule has 2 nitrogen and oxygen atoms in total. The predicted octanol–water partition coefficient (Wildman–Crippen LogP) is 12.0. The summed E-state index contributed by atoms with van der Waals surface area (Å²) in [6.07, 6.45) is 2.82. The quantitative estimate of drug-likeness (QED) is 0.155. The van der Waals surface area contributed by atoms with Gasteiger partial charge in [0.05, 0.1) is 6.61 Å². The maximum Gasteiger partial charge on any atom is 0.131 e. The highest BCUT2D eigenvalue weighted by Crippen LogP contribution is 2.42. The molecule has 0 aliphatic carbocycles. The molecule has 236 valence electrons. The number of aryl methyl sites for hydroxylation is 5. The van der Waals surface area contributed by atoms with Crippen LogP contribution >= 0.6 is 0 Å². The number of rotatable bonds is 10. The number of para-hydroxylation sites is 1. The Hall–Kier alpha value is -5.08. The molecule has 0 aromatic heterocycles. The molecule has 0 spiro atoms. The van der Waals surface area contributed by atoms with Crippen molar-refractivity contribution in [3.8, 4) is 56.0 Å². The Morgan fingerprint density at radius 3 is 1.57 bits per heavy atom. The van der Waals surface area contributed by atoms with Gasteiger partial charge in [-0.05, 0) is 133 Å². The zero-order chi connectivity index (χ0) is 32.9. The third-order valence-electron chi connectivity index (χ3n) is 9.26. The van der Waals surface area contributed by atoms with Gasteiger partial charge in [-0.25, -0.2) is 0 Å². The molecule has 0 bridgehead atoms. The minimum Gasteiger partial charge on any atom is -0.507 e. The Labute approximate surface area is 280 Å². The number of phenolic OH excluding ortho intramolecular Hbond substituents is 1. The molecule has 47 heavy (non-hydrogen) atoms. The summed E-state index contributed by atoms with van der Waals surface area (Å²) in [5, 5.41) is 11.5. The normalized spacial score (nSPS) is 11.1. The Morgan fingerprint density at radius 1 is 0.468 bits per heavy atom. The summed E-state index contributed by atoms with van der Waals surface area (Å²) in [5.41, 5.74) is 16.1. The van der Waals surface area contributed by atoms with Gasteiger partial charge in [0, 0.05) is 16.7 Å². The lowest BCUT2D eigenvalue weighted by Gasteiger charge is -2.18. The summed E-state index contributed by atoms with van der Waals surface area (Å²) < 4.78 is 6.48. The van der Waals surface area contributed by atoms with Crippen molar-refractivity contribution in [2.75, 3.05) is 6.61 Å². The Balaban J connectivity index is 1.18. The van der Waals surface area contributed by atoms with Crippen LogP contribution < -0.4 is 4.74 Å². The first kappa shape index (κ1) is 31.9. The lowest BCUT2D eigenvalue weighted by Crippen LogP contribution is -2.01. The number of aromatic hydroxyl groups is 1. The van der Waals surface area contributed by atoms with Crippen LogP contribution in [0.2, 0.25) is 0 Å². The first-order valence-electron chi connectivity index (χ1n) is 16.7. The fraction of sp³-hybridized carbons (Fsp3) is 0.200. The molecular weight excluding hydrogens is 572 g/mol. The second-order valence-electron chi connectivity index (χ2n) is 12.8. The van der Waals surface area contributed by atoms with Gasteiger partial charge in [-0.15, -0.1) is 0 Å². The van der Waals surface area contributed by atoms with Gasteiger partial charge in [0.2, 0.25) is 0 Å². The number of unbranched alkanes of at least 4 members (excludes halogenated alkanes) is 1. The van der Waals surface area contributed by atoms with E-state index in [-0.39, 0.29) is 0 Å². The van der Waals surface area contributed by atoms with Gasteiger partial charge in [0.15, 0.2) is 0 Å². The van der Waals surface area contributed by atoms with E-state index in [9.17, 15) is 5.11 Å². The zero-order valence-electron chi connectivity index (χ0n) is 28.2. The highest BCUT2D eigenvalue weighted by atomic mass is 16.5. The lowest BCUT2D eigenvalue weighted by molar-refractivity contribution is 0.308. The lowest BCUT2D eigenvalue weighted by atomic mass is 9.89. The largest absolute Gasteiger partial charge is 0.507 e. The van der Waals surface area contributed by atoms with Gasteiger partial charge in [-0.1, -0.05) is 103 Å². The van der Waals surface area contributed by atoms with Gasteiger partial charge in [0.1, 0.15) is 11.5 Å². The van der Waals surface area contributed by atoms with Gasteiger partial charge in [0.25, 0.3) is 0 Å². The van der Waals surface area contributed by atoms with E-state index in [1.54, 1.807) is 0 Å². The molecule has 0 unspecified atom stereocenters. The topological polar surface area (TPSA) is 29.5 Å². The van der Waals surface area contributed by atoms with Crippen molar-refractivity contribution in [3.05, 3.63) is 155 Å². The highest BCUT2D eigenvalue weighted by molar-refractivity contribution is 5.85. The molecule has 0 aliphatic heterocycles. The summed E-state index contributed by atoms with van der Waals surface area (Å²) in [5.74, 6) is 1.26. The molecular formula is C45H44O2. The van der Waals surface area contributed by atoms with E-state index in [1.165, 1.54) is 38.9 Å². The number of phenols is 1. The van der Waals surface area contributed by atoms with Crippen molar-refractivity contribution in [3.63, 3.8) is 0 Å². The average Bonchev–Trinajstić information content (AvgIpc) is 3.07. The molecule has 0 amide bonds. The van der Waals surface area contributed by atoms with E-state index in [1.807, 2.05) is 12.1 Å². The first-order chi connectivity index (χ1) is 22.8. The molecule has 6 rings (SSSR count). The number of benzene rings is 6. The summed E-state index contributed by atoms with van der Waals surface area (Å²) in [4.78, 5) is 0. The molecule has 6 aromatic rings. The summed E-state index contributed by atoms with van der Waals surface area (Å²) in [6.45, 7) is 11.4. The van der Waals surface area contributed by atoms with E-state index in [4.69, 9.17) is 4.74 Å². The molecule has 1 N–H and O–H groups in total. The molecule has 6 aromatic carbocycles. The van der Waals surface area contributed by atoms with Crippen molar-refractivity contribution in [1.82, 2.24) is 0 Å². The fourth-order valence-corrected chi connectivity index (χ4v) is 6.77. The number of ether oxygens (including phenoxy) is 1. The van der Waals surface area contributed by atoms with Crippen LogP contribution in [-0.4, -0.2) is 11.7 Å². The molecule has 0 aliphatic rings. The van der Waals surface area contributed by atoms with Gasteiger partial charge in [-0.2, -0.15) is 0 Å². The summed E-state index contributed by atoms with van der Waals surface area (Å²) in [7, 11) is 0. The second kappa shape index (κ2) is 14.1. The summed E-state index contributed by atoms with van der Waals surface area (Å²) >= 11 is 0. The highest BCUT2D eigenvalue weighted by Gasteiger charge is 2.17. The van der Waals surface area contributed by atoms with Crippen LogP contribution in [0.5, 0.6) is 11.5 Å². The van der Waals surface area contributed by atoms with Crippen LogP contribution in [0.1, 0.15) is 46.2 Å². The Morgan fingerprint density at radius 2 is 0.936 bits per heavy atom. The molecule has 0 radical (unpaired) electrons. The maximum absolute atomic E-state index is 11.5. The molecule has 0 saturated heterocycles. The Bertz CT molecular complexity index is 1890. The van der Waals surface area contributed by atoms with Crippen molar-refractivity contribution in [2.45, 2.75) is 53.9 Å². The van der Waals surface area contributed by atoms with Gasteiger partial charge < -0.3 is 9.84 Å². The molecule has 2 heteroatoms. The maximum atomic E-state index is 11.5.